The van der Waals surface area contributed by atoms with Crippen LogP contribution in [0.1, 0.15) is 52.4 Å². The van der Waals surface area contributed by atoms with E-state index in [1.165, 1.54) is 0 Å². The summed E-state index contributed by atoms with van der Waals surface area (Å²) in [5.74, 6) is 0.432. The zero-order valence-corrected chi connectivity index (χ0v) is 19.2. The van der Waals surface area contributed by atoms with Crippen LogP contribution in [0, 0.1) is 5.92 Å². The highest BCUT2D eigenvalue weighted by molar-refractivity contribution is 8.00. The molecule has 3 amide bonds. The highest BCUT2D eigenvalue weighted by atomic mass is 32.2. The Kier molecular flexibility index (Phi) is 9.47. The number of nitrogens with one attached hydrogen (secondary N) is 2. The van der Waals surface area contributed by atoms with E-state index in [-0.39, 0.29) is 46.2 Å². The number of hydrogen-bond donors (Lipinski definition) is 2. The van der Waals surface area contributed by atoms with Crippen LogP contribution >= 0.6 is 23.5 Å². The van der Waals surface area contributed by atoms with Crippen molar-refractivity contribution in [1.29, 1.82) is 0 Å². The summed E-state index contributed by atoms with van der Waals surface area (Å²) in [5, 5.41) is 6.30. The van der Waals surface area contributed by atoms with Crippen LogP contribution in [0.2, 0.25) is 0 Å². The minimum atomic E-state index is -0.0194. The lowest BCUT2D eigenvalue weighted by Gasteiger charge is -2.34. The molecule has 8 heteroatoms. The van der Waals surface area contributed by atoms with Crippen LogP contribution in [0.15, 0.2) is 0 Å². The topological polar surface area (TPSA) is 78.5 Å². The lowest BCUT2D eigenvalue weighted by molar-refractivity contribution is -0.135. The van der Waals surface area contributed by atoms with E-state index in [0.29, 0.717) is 13.1 Å². The van der Waals surface area contributed by atoms with Crippen molar-refractivity contribution in [2.75, 3.05) is 25.6 Å². The normalized spacial score (nSPS) is 25.6. The summed E-state index contributed by atoms with van der Waals surface area (Å²) in [6.07, 6.45) is 9.04. The van der Waals surface area contributed by atoms with Gasteiger partial charge in [0.1, 0.15) is 0 Å². The second-order valence-electron chi connectivity index (χ2n) is 7.92. The van der Waals surface area contributed by atoms with Gasteiger partial charge in [-0.2, -0.15) is 23.5 Å². The number of thioether (sulfide) groups is 2. The Morgan fingerprint density at radius 3 is 1.82 bits per heavy atom. The van der Waals surface area contributed by atoms with Crippen LogP contribution in [0.4, 0.5) is 0 Å². The molecule has 2 rings (SSSR count). The molecule has 1 heterocycles. The first kappa shape index (κ1) is 23.4. The first-order chi connectivity index (χ1) is 13.3. The van der Waals surface area contributed by atoms with E-state index in [0.717, 1.165) is 38.5 Å². The summed E-state index contributed by atoms with van der Waals surface area (Å²) >= 11 is 3.12. The van der Waals surface area contributed by atoms with Crippen LogP contribution in [-0.2, 0) is 14.4 Å². The molecular formula is C20H35N3O3S2. The van der Waals surface area contributed by atoms with E-state index in [4.69, 9.17) is 0 Å². The maximum atomic E-state index is 12.6. The van der Waals surface area contributed by atoms with Gasteiger partial charge in [0.2, 0.25) is 17.7 Å². The monoisotopic (exact) mass is 429 g/mol. The van der Waals surface area contributed by atoms with Crippen molar-refractivity contribution >= 4 is 41.2 Å². The number of carbonyl (C=O) groups is 3. The Bertz CT molecular complexity index is 545. The predicted molar refractivity (Wildman–Crippen MR) is 118 cm³/mol. The second-order valence-corrected chi connectivity index (χ2v) is 10.3. The molecule has 0 unspecified atom stereocenters. The van der Waals surface area contributed by atoms with Crippen molar-refractivity contribution in [2.24, 2.45) is 5.92 Å². The molecule has 2 aliphatic rings. The van der Waals surface area contributed by atoms with E-state index < -0.39 is 0 Å². The average molecular weight is 430 g/mol. The van der Waals surface area contributed by atoms with Gasteiger partial charge in [-0.25, -0.2) is 0 Å². The molecule has 1 saturated carbocycles. The molecule has 1 saturated heterocycles. The fraction of sp³-hybridized carbons (Fsp3) is 0.850. The molecule has 2 fully saturated rings. The van der Waals surface area contributed by atoms with E-state index in [2.05, 4.69) is 10.6 Å². The molecular weight excluding hydrogens is 394 g/mol. The molecule has 6 nitrogen and oxygen atoms in total. The maximum absolute atomic E-state index is 12.6. The molecule has 2 atom stereocenters. The van der Waals surface area contributed by atoms with Gasteiger partial charge in [0.05, 0.1) is 10.5 Å². The van der Waals surface area contributed by atoms with Gasteiger partial charge < -0.3 is 15.5 Å². The van der Waals surface area contributed by atoms with Crippen molar-refractivity contribution in [3.63, 3.8) is 0 Å². The van der Waals surface area contributed by atoms with E-state index in [1.54, 1.807) is 23.5 Å². The highest BCUT2D eigenvalue weighted by Gasteiger charge is 2.31. The van der Waals surface area contributed by atoms with Crippen LogP contribution in [-0.4, -0.2) is 70.8 Å². The lowest BCUT2D eigenvalue weighted by atomic mass is 9.89. The van der Waals surface area contributed by atoms with Crippen molar-refractivity contribution in [3.05, 3.63) is 0 Å². The Morgan fingerprint density at radius 1 is 0.821 bits per heavy atom. The summed E-state index contributed by atoms with van der Waals surface area (Å²) in [7, 11) is 0. The predicted octanol–water partition coefficient (Wildman–Crippen LogP) is 2.27. The average Bonchev–Trinajstić information content (AvgIpc) is 2.73. The Morgan fingerprint density at radius 2 is 1.32 bits per heavy atom. The van der Waals surface area contributed by atoms with Gasteiger partial charge in [-0.15, -0.1) is 0 Å². The summed E-state index contributed by atoms with van der Waals surface area (Å²) in [5.41, 5.74) is 0. The fourth-order valence-corrected chi connectivity index (χ4v) is 4.48. The third-order valence-corrected chi connectivity index (χ3v) is 7.85. The van der Waals surface area contributed by atoms with Crippen molar-refractivity contribution in [3.8, 4) is 0 Å². The third kappa shape index (κ3) is 6.58. The van der Waals surface area contributed by atoms with Crippen molar-refractivity contribution < 1.29 is 14.4 Å². The van der Waals surface area contributed by atoms with Crippen LogP contribution < -0.4 is 10.6 Å². The summed E-state index contributed by atoms with van der Waals surface area (Å²) < 4.78 is 0. The quantitative estimate of drug-likeness (QED) is 0.649. The van der Waals surface area contributed by atoms with Crippen molar-refractivity contribution in [1.82, 2.24) is 15.5 Å². The SMILES string of the molecule is CS[C@@H](C)C(=O)N1CCC(C(=O)NC2CCC(NC(=O)[C@@H](C)SC)CC2)CC1. The van der Waals surface area contributed by atoms with Gasteiger partial charge in [-0.1, -0.05) is 0 Å². The summed E-state index contributed by atoms with van der Waals surface area (Å²) in [6.45, 7) is 5.21. The number of amides is 3. The number of carbonyl (C=O) groups excluding carboxylic acids is 3. The minimum absolute atomic E-state index is 0.00786. The second kappa shape index (κ2) is 11.3. The number of nitrogens with zero attached hydrogens (tertiary/aromatic N) is 1. The summed E-state index contributed by atoms with van der Waals surface area (Å²) in [6, 6.07) is 0.428. The Balaban J connectivity index is 1.69. The first-order valence-corrected chi connectivity index (χ1v) is 12.9. The molecule has 0 aromatic heterocycles. The van der Waals surface area contributed by atoms with E-state index in [1.807, 2.05) is 31.3 Å². The van der Waals surface area contributed by atoms with Crippen LogP contribution in [0.25, 0.3) is 0 Å². The molecule has 0 spiro atoms. The largest absolute Gasteiger partial charge is 0.353 e. The van der Waals surface area contributed by atoms with Crippen LogP contribution in [0.5, 0.6) is 0 Å². The van der Waals surface area contributed by atoms with E-state index >= 15 is 0 Å². The van der Waals surface area contributed by atoms with E-state index in [9.17, 15) is 14.4 Å². The zero-order valence-electron chi connectivity index (χ0n) is 17.5. The van der Waals surface area contributed by atoms with Crippen LogP contribution in [0.3, 0.4) is 0 Å². The lowest BCUT2D eigenvalue weighted by Crippen LogP contribution is -2.49. The van der Waals surface area contributed by atoms with Gasteiger partial charge in [0.25, 0.3) is 0 Å². The zero-order chi connectivity index (χ0) is 20.7. The third-order valence-electron chi connectivity index (χ3n) is 6.02. The maximum Gasteiger partial charge on any atom is 0.235 e. The fourth-order valence-electron chi connectivity index (χ4n) is 3.85. The van der Waals surface area contributed by atoms with Crippen molar-refractivity contribution in [2.45, 2.75) is 75.0 Å². The number of piperidine rings is 1. The number of hydrogen-bond acceptors (Lipinski definition) is 5. The molecule has 1 aliphatic heterocycles. The molecule has 2 N–H and O–H groups in total. The number of rotatable bonds is 7. The molecule has 0 radical (unpaired) electrons. The Hall–Kier alpha value is -0.890. The van der Waals surface area contributed by atoms with Gasteiger partial charge in [0.15, 0.2) is 0 Å². The molecule has 1 aliphatic carbocycles. The van der Waals surface area contributed by atoms with Gasteiger partial charge in [0, 0.05) is 31.1 Å². The molecule has 0 aromatic carbocycles. The minimum Gasteiger partial charge on any atom is -0.353 e. The standard InChI is InChI=1S/C20H35N3O3S2/c1-13(27-3)18(24)21-16-5-7-17(8-6-16)22-19(25)15-9-11-23(12-10-15)20(26)14(2)28-4/h13-17H,5-12H2,1-4H3,(H,21,24)(H,22,25)/t13-,14+,16?,17?/m1/s1. The first-order valence-electron chi connectivity index (χ1n) is 10.3. The molecule has 0 bridgehead atoms. The molecule has 160 valence electrons. The summed E-state index contributed by atoms with van der Waals surface area (Å²) in [4.78, 5) is 38.8. The van der Waals surface area contributed by atoms with Gasteiger partial charge >= 0.3 is 0 Å². The molecule has 28 heavy (non-hydrogen) atoms. The highest BCUT2D eigenvalue weighted by Crippen LogP contribution is 2.23. The number of likely N-dealkylation sites (tertiary alicyclic amines) is 1. The van der Waals surface area contributed by atoms with Gasteiger partial charge in [-0.05, 0) is 64.9 Å². The van der Waals surface area contributed by atoms with Gasteiger partial charge in [-0.3, -0.25) is 14.4 Å². The smallest absolute Gasteiger partial charge is 0.235 e. The molecule has 0 aromatic rings. The Labute approximate surface area is 177 Å².